The average molecular weight is 466 g/mol. The summed E-state index contributed by atoms with van der Waals surface area (Å²) in [6, 6.07) is 16.0. The summed E-state index contributed by atoms with van der Waals surface area (Å²) in [6.07, 6.45) is 1.17. The molecule has 0 radical (unpaired) electrons. The van der Waals surface area contributed by atoms with Crippen LogP contribution in [0.3, 0.4) is 0 Å². The van der Waals surface area contributed by atoms with E-state index in [0.717, 1.165) is 28.2 Å². The van der Waals surface area contributed by atoms with Gasteiger partial charge in [-0.1, -0.05) is 32.0 Å². The molecule has 1 amide bonds. The second-order valence-electron chi connectivity index (χ2n) is 8.55. The van der Waals surface area contributed by atoms with Crippen LogP contribution in [0.5, 0.6) is 17.2 Å². The average Bonchev–Trinajstić information content (AvgIpc) is 3.34. The molecule has 33 heavy (non-hydrogen) atoms. The molecule has 0 bridgehead atoms. The van der Waals surface area contributed by atoms with Gasteiger partial charge in [0, 0.05) is 11.4 Å². The fourth-order valence-corrected chi connectivity index (χ4v) is 4.99. The Labute approximate surface area is 199 Å². The van der Waals surface area contributed by atoms with E-state index in [-0.39, 0.29) is 11.9 Å². The topological polar surface area (TPSA) is 48.0 Å². The Bertz CT molecular complexity index is 1080. The van der Waals surface area contributed by atoms with E-state index in [9.17, 15) is 4.79 Å². The fraction of sp³-hybridized carbons (Fsp3) is 0.370. The largest absolute Gasteiger partial charge is 0.493 e. The number of nitrogens with zero attached hydrogens (tertiary/aromatic N) is 1. The molecule has 1 atom stereocenters. The SMILES string of the molecule is COc1cc2c(cc1OC)C(COc1ccc(C(C)C)cc1)N(C(=O)Cc1cccs1)CC2. The Morgan fingerprint density at radius 3 is 2.45 bits per heavy atom. The predicted octanol–water partition coefficient (Wildman–Crippen LogP) is 5.64. The van der Waals surface area contributed by atoms with Gasteiger partial charge in [0.25, 0.3) is 0 Å². The van der Waals surface area contributed by atoms with Gasteiger partial charge in [-0.25, -0.2) is 0 Å². The molecule has 0 spiro atoms. The van der Waals surface area contributed by atoms with Crippen molar-refractivity contribution < 1.29 is 19.0 Å². The Balaban J connectivity index is 1.62. The summed E-state index contributed by atoms with van der Waals surface area (Å²) in [5.41, 5.74) is 3.49. The molecule has 1 aliphatic heterocycles. The molecule has 2 heterocycles. The summed E-state index contributed by atoms with van der Waals surface area (Å²) in [7, 11) is 3.28. The summed E-state index contributed by atoms with van der Waals surface area (Å²) < 4.78 is 17.3. The van der Waals surface area contributed by atoms with E-state index >= 15 is 0 Å². The zero-order chi connectivity index (χ0) is 23.4. The van der Waals surface area contributed by atoms with Crippen molar-refractivity contribution >= 4 is 17.2 Å². The van der Waals surface area contributed by atoms with Gasteiger partial charge in [0.15, 0.2) is 11.5 Å². The number of fused-ring (bicyclic) bond motifs is 1. The molecule has 6 heteroatoms. The van der Waals surface area contributed by atoms with Crippen LogP contribution in [0.15, 0.2) is 53.9 Å². The van der Waals surface area contributed by atoms with Gasteiger partial charge in [0.2, 0.25) is 5.91 Å². The minimum atomic E-state index is -0.203. The maximum atomic E-state index is 13.3. The van der Waals surface area contributed by atoms with Gasteiger partial charge < -0.3 is 19.1 Å². The molecule has 0 saturated carbocycles. The van der Waals surface area contributed by atoms with Gasteiger partial charge >= 0.3 is 0 Å². The number of hydrogen-bond acceptors (Lipinski definition) is 5. The number of ether oxygens (including phenoxy) is 3. The van der Waals surface area contributed by atoms with E-state index in [1.807, 2.05) is 46.7 Å². The molecule has 0 fully saturated rings. The molecule has 3 aromatic rings. The number of rotatable bonds is 8. The normalized spacial score (nSPS) is 15.3. The van der Waals surface area contributed by atoms with E-state index in [4.69, 9.17) is 14.2 Å². The third-order valence-electron chi connectivity index (χ3n) is 6.18. The van der Waals surface area contributed by atoms with Crippen LogP contribution in [0.4, 0.5) is 0 Å². The first kappa shape index (κ1) is 23.2. The highest BCUT2D eigenvalue weighted by Gasteiger charge is 2.33. The van der Waals surface area contributed by atoms with Crippen molar-refractivity contribution in [1.29, 1.82) is 0 Å². The number of thiophene rings is 1. The van der Waals surface area contributed by atoms with Gasteiger partial charge in [-0.2, -0.15) is 0 Å². The first-order valence-electron chi connectivity index (χ1n) is 11.3. The molecule has 5 nitrogen and oxygen atoms in total. The highest BCUT2D eigenvalue weighted by Crippen LogP contribution is 2.38. The fourth-order valence-electron chi connectivity index (χ4n) is 4.29. The Morgan fingerprint density at radius 1 is 1.09 bits per heavy atom. The smallest absolute Gasteiger partial charge is 0.228 e. The Kier molecular flexibility index (Phi) is 7.23. The maximum absolute atomic E-state index is 13.3. The van der Waals surface area contributed by atoms with Gasteiger partial charge in [-0.05, 0) is 64.7 Å². The molecule has 2 aromatic carbocycles. The van der Waals surface area contributed by atoms with Crippen LogP contribution in [-0.2, 0) is 17.6 Å². The summed E-state index contributed by atoms with van der Waals surface area (Å²) in [4.78, 5) is 16.3. The number of hydrogen-bond donors (Lipinski definition) is 0. The van der Waals surface area contributed by atoms with E-state index in [2.05, 4.69) is 26.0 Å². The summed E-state index contributed by atoms with van der Waals surface area (Å²) >= 11 is 1.61. The first-order valence-corrected chi connectivity index (χ1v) is 12.2. The van der Waals surface area contributed by atoms with Crippen LogP contribution < -0.4 is 14.2 Å². The number of carbonyl (C=O) groups is 1. The first-order chi connectivity index (χ1) is 16.0. The van der Waals surface area contributed by atoms with Crippen molar-refractivity contribution in [3.8, 4) is 17.2 Å². The second-order valence-corrected chi connectivity index (χ2v) is 9.58. The highest BCUT2D eigenvalue weighted by atomic mass is 32.1. The van der Waals surface area contributed by atoms with Crippen molar-refractivity contribution in [3.05, 3.63) is 75.5 Å². The van der Waals surface area contributed by atoms with Gasteiger partial charge in [0.1, 0.15) is 12.4 Å². The zero-order valence-corrected chi connectivity index (χ0v) is 20.5. The zero-order valence-electron chi connectivity index (χ0n) is 19.7. The molecule has 0 aliphatic carbocycles. The van der Waals surface area contributed by atoms with E-state index < -0.39 is 0 Å². The second kappa shape index (κ2) is 10.3. The van der Waals surface area contributed by atoms with Gasteiger partial charge in [-0.15, -0.1) is 11.3 Å². The Morgan fingerprint density at radius 2 is 1.82 bits per heavy atom. The van der Waals surface area contributed by atoms with Crippen molar-refractivity contribution in [1.82, 2.24) is 4.90 Å². The van der Waals surface area contributed by atoms with Gasteiger partial charge in [-0.3, -0.25) is 4.79 Å². The van der Waals surface area contributed by atoms with E-state index in [1.165, 1.54) is 5.56 Å². The minimum Gasteiger partial charge on any atom is -0.493 e. The molecule has 0 N–H and O–H groups in total. The number of benzene rings is 2. The molecule has 0 saturated heterocycles. The van der Waals surface area contributed by atoms with Crippen molar-refractivity contribution in [2.45, 2.75) is 38.6 Å². The maximum Gasteiger partial charge on any atom is 0.228 e. The molecule has 1 aliphatic rings. The monoisotopic (exact) mass is 465 g/mol. The highest BCUT2D eigenvalue weighted by molar-refractivity contribution is 7.10. The van der Waals surface area contributed by atoms with Crippen LogP contribution in [0, 0.1) is 0 Å². The van der Waals surface area contributed by atoms with Gasteiger partial charge in [0.05, 0.1) is 26.7 Å². The van der Waals surface area contributed by atoms with Crippen molar-refractivity contribution in [2.75, 3.05) is 27.4 Å². The number of methoxy groups -OCH3 is 2. The van der Waals surface area contributed by atoms with E-state index in [1.54, 1.807) is 25.6 Å². The summed E-state index contributed by atoms with van der Waals surface area (Å²) in [6.45, 7) is 5.37. The van der Waals surface area contributed by atoms with Crippen LogP contribution >= 0.6 is 11.3 Å². The van der Waals surface area contributed by atoms with E-state index in [0.29, 0.717) is 37.0 Å². The predicted molar refractivity (Wildman–Crippen MR) is 132 cm³/mol. The lowest BCUT2D eigenvalue weighted by molar-refractivity contribution is -0.134. The van der Waals surface area contributed by atoms with Crippen LogP contribution in [0.1, 0.15) is 47.4 Å². The standard InChI is InChI=1S/C27H31NO4S/c1-18(2)19-7-9-21(10-8-19)32-17-24-23-16-26(31-4)25(30-3)14-20(23)11-12-28(24)27(29)15-22-6-5-13-33-22/h5-10,13-14,16,18,24H,11-12,15,17H2,1-4H3. The lowest BCUT2D eigenvalue weighted by Gasteiger charge is -2.37. The third-order valence-corrected chi connectivity index (χ3v) is 7.06. The van der Waals surface area contributed by atoms with Crippen LogP contribution in [-0.4, -0.2) is 38.2 Å². The molecule has 174 valence electrons. The minimum absolute atomic E-state index is 0.113. The molecular weight excluding hydrogens is 434 g/mol. The number of carbonyl (C=O) groups excluding carboxylic acids is 1. The van der Waals surface area contributed by atoms with Crippen LogP contribution in [0.2, 0.25) is 0 Å². The summed E-state index contributed by atoms with van der Waals surface area (Å²) in [5.74, 6) is 2.75. The molecule has 1 aromatic heterocycles. The molecule has 4 rings (SSSR count). The molecule has 1 unspecified atom stereocenters. The van der Waals surface area contributed by atoms with Crippen molar-refractivity contribution in [2.24, 2.45) is 0 Å². The lowest BCUT2D eigenvalue weighted by Crippen LogP contribution is -2.43. The molecular formula is C27H31NO4S. The lowest BCUT2D eigenvalue weighted by atomic mass is 9.91. The number of amides is 1. The van der Waals surface area contributed by atoms with Crippen molar-refractivity contribution in [3.63, 3.8) is 0 Å². The quantitative estimate of drug-likeness (QED) is 0.432. The third kappa shape index (κ3) is 5.17. The summed E-state index contributed by atoms with van der Waals surface area (Å²) in [5, 5.41) is 2.01. The van der Waals surface area contributed by atoms with Crippen LogP contribution in [0.25, 0.3) is 0 Å². The Hall–Kier alpha value is -2.99.